The quantitative estimate of drug-likeness (QED) is 0.284. The zero-order valence-corrected chi connectivity index (χ0v) is 31.5. The van der Waals surface area contributed by atoms with Crippen molar-refractivity contribution in [3.8, 4) is 0 Å². The zero-order valence-electron chi connectivity index (χ0n) is 31.5. The molecule has 4 N–H and O–H groups in total. The highest BCUT2D eigenvalue weighted by molar-refractivity contribution is 5.78. The smallest absolute Gasteiger partial charge is 0.219 e. The van der Waals surface area contributed by atoms with Gasteiger partial charge in [-0.3, -0.25) is 24.1 Å². The Morgan fingerprint density at radius 2 is 1.12 bits per heavy atom. The second-order valence-electron chi connectivity index (χ2n) is 13.0. The summed E-state index contributed by atoms with van der Waals surface area (Å²) in [4.78, 5) is 48.9. The molecule has 0 aromatic rings. The van der Waals surface area contributed by atoms with Gasteiger partial charge in [0.25, 0.3) is 0 Å². The summed E-state index contributed by atoms with van der Waals surface area (Å²) in [6.45, 7) is 25.0. The predicted molar refractivity (Wildman–Crippen MR) is 198 cm³/mol. The molecule has 3 saturated heterocycles. The Balaban J connectivity index is 0. The second-order valence-corrected chi connectivity index (χ2v) is 13.0. The number of ether oxygens (including phenoxy) is 1. The molecule has 1 saturated carbocycles. The number of hydrogen-bond donors (Lipinski definition) is 2. The van der Waals surface area contributed by atoms with Gasteiger partial charge in [0.15, 0.2) is 6.79 Å². The Morgan fingerprint density at radius 1 is 0.688 bits per heavy atom. The molecule has 4 aliphatic rings. The number of amides is 1. The van der Waals surface area contributed by atoms with Crippen molar-refractivity contribution in [3.05, 3.63) is 0 Å². The fourth-order valence-corrected chi connectivity index (χ4v) is 5.41. The van der Waals surface area contributed by atoms with Crippen LogP contribution >= 0.6 is 0 Å². The first-order valence-corrected chi connectivity index (χ1v) is 17.8. The highest BCUT2D eigenvalue weighted by Crippen LogP contribution is 2.22. The Kier molecular flexibility index (Phi) is 29.5. The molecule has 0 radical (unpaired) electrons. The van der Waals surface area contributed by atoms with E-state index in [4.69, 9.17) is 21.0 Å². The van der Waals surface area contributed by atoms with Crippen molar-refractivity contribution in [3.63, 3.8) is 0 Å². The largest absolute Gasteiger partial charge is 0.353 e. The van der Waals surface area contributed by atoms with Crippen molar-refractivity contribution in [2.24, 2.45) is 17.4 Å². The molecule has 48 heavy (non-hydrogen) atoms. The Hall–Kier alpha value is -1.55. The average Bonchev–Trinajstić information content (AvgIpc) is 3.03. The van der Waals surface area contributed by atoms with Gasteiger partial charge in [-0.25, -0.2) is 0 Å². The summed E-state index contributed by atoms with van der Waals surface area (Å²) in [5.74, 6) is 0.826. The molecular formula is C35H76N8O5. The van der Waals surface area contributed by atoms with Crippen LogP contribution in [0.4, 0.5) is 0 Å². The van der Waals surface area contributed by atoms with Crippen LogP contribution in [0.2, 0.25) is 0 Å². The van der Waals surface area contributed by atoms with Crippen LogP contribution in [0.5, 0.6) is 0 Å². The molecule has 4 rings (SSSR count). The lowest BCUT2D eigenvalue weighted by atomic mass is 9.81. The molecule has 1 aliphatic carbocycles. The first-order valence-electron chi connectivity index (χ1n) is 17.8. The summed E-state index contributed by atoms with van der Waals surface area (Å²) >= 11 is 0. The molecule has 0 spiro atoms. The van der Waals surface area contributed by atoms with Crippen molar-refractivity contribution < 1.29 is 24.0 Å². The van der Waals surface area contributed by atoms with E-state index < -0.39 is 0 Å². The third-order valence-electron chi connectivity index (χ3n) is 8.48. The first-order chi connectivity index (χ1) is 22.3. The van der Waals surface area contributed by atoms with E-state index >= 15 is 0 Å². The topological polar surface area (TPSA) is 141 Å². The molecule has 0 aromatic heterocycles. The minimum absolute atomic E-state index is 0. The molecule has 2 unspecified atom stereocenters. The molecule has 3 heterocycles. The van der Waals surface area contributed by atoms with Gasteiger partial charge in [-0.15, -0.1) is 0 Å². The van der Waals surface area contributed by atoms with E-state index in [9.17, 15) is 14.4 Å². The van der Waals surface area contributed by atoms with E-state index in [0.29, 0.717) is 13.3 Å². The van der Waals surface area contributed by atoms with Crippen LogP contribution in [0.15, 0.2) is 0 Å². The number of hydrogen-bond acceptors (Lipinski definition) is 12. The second kappa shape index (κ2) is 29.2. The number of ketones is 2. The number of carbonyl (C=O) groups excluding carboxylic acids is 3. The van der Waals surface area contributed by atoms with E-state index in [-0.39, 0.29) is 42.9 Å². The SMILES string of the molecule is C.CC.CC(=O)C1CC(N)CC(N)C1.CC(=O)CN1CCN(C)CC1.CC(=O)N1CCN(C)CC1.CCCOCON1CCN(C)CC1. The van der Waals surface area contributed by atoms with Gasteiger partial charge in [0.05, 0.1) is 6.54 Å². The lowest BCUT2D eigenvalue weighted by Crippen LogP contribution is -2.46. The predicted octanol–water partition coefficient (Wildman–Crippen LogP) is 1.85. The van der Waals surface area contributed by atoms with E-state index in [0.717, 1.165) is 111 Å². The van der Waals surface area contributed by atoms with Crippen LogP contribution in [-0.4, -0.2) is 179 Å². The van der Waals surface area contributed by atoms with Gasteiger partial charge in [0.1, 0.15) is 11.6 Å². The summed E-state index contributed by atoms with van der Waals surface area (Å²) < 4.78 is 5.23. The maximum Gasteiger partial charge on any atom is 0.219 e. The van der Waals surface area contributed by atoms with E-state index in [1.165, 1.54) is 0 Å². The molecule has 3 aliphatic heterocycles. The third kappa shape index (κ3) is 24.6. The number of likely N-dealkylation sites (N-methyl/N-ethyl adjacent to an activating group) is 3. The van der Waals surface area contributed by atoms with Crippen molar-refractivity contribution >= 4 is 17.5 Å². The van der Waals surface area contributed by atoms with Crippen molar-refractivity contribution in [2.75, 3.05) is 120 Å². The molecule has 286 valence electrons. The summed E-state index contributed by atoms with van der Waals surface area (Å²) in [5.41, 5.74) is 11.4. The number of piperazine rings is 3. The fraction of sp³-hybridized carbons (Fsp3) is 0.914. The van der Waals surface area contributed by atoms with Gasteiger partial charge in [-0.05, 0) is 60.7 Å². The molecular weight excluding hydrogens is 612 g/mol. The zero-order chi connectivity index (χ0) is 35.8. The minimum atomic E-state index is 0. The molecule has 0 bridgehead atoms. The Morgan fingerprint density at radius 3 is 1.52 bits per heavy atom. The molecule has 4 fully saturated rings. The van der Waals surface area contributed by atoms with Crippen LogP contribution < -0.4 is 11.5 Å². The molecule has 2 atom stereocenters. The molecule has 13 heteroatoms. The number of hydroxylamine groups is 2. The first kappa shape index (κ1) is 48.6. The third-order valence-corrected chi connectivity index (χ3v) is 8.48. The van der Waals surface area contributed by atoms with Gasteiger partial charge in [-0.1, -0.05) is 28.2 Å². The highest BCUT2D eigenvalue weighted by Gasteiger charge is 2.27. The lowest BCUT2D eigenvalue weighted by molar-refractivity contribution is -0.234. The number of carbonyl (C=O) groups is 3. The average molecular weight is 689 g/mol. The normalized spacial score (nSPS) is 24.1. The van der Waals surface area contributed by atoms with Crippen LogP contribution in [-0.2, 0) is 24.0 Å². The highest BCUT2D eigenvalue weighted by atomic mass is 16.8. The van der Waals surface area contributed by atoms with Crippen LogP contribution in [0.3, 0.4) is 0 Å². The summed E-state index contributed by atoms with van der Waals surface area (Å²) in [7, 11) is 6.33. The minimum Gasteiger partial charge on any atom is -0.353 e. The molecule has 13 nitrogen and oxygen atoms in total. The van der Waals surface area contributed by atoms with Crippen molar-refractivity contribution in [1.82, 2.24) is 29.6 Å². The van der Waals surface area contributed by atoms with Crippen molar-refractivity contribution in [1.29, 1.82) is 0 Å². The van der Waals surface area contributed by atoms with Crippen LogP contribution in [0.1, 0.15) is 74.7 Å². The van der Waals surface area contributed by atoms with E-state index in [1.54, 1.807) is 20.8 Å². The maximum absolute atomic E-state index is 11.0. The van der Waals surface area contributed by atoms with Gasteiger partial charge >= 0.3 is 0 Å². The van der Waals surface area contributed by atoms with Gasteiger partial charge < -0.3 is 35.8 Å². The van der Waals surface area contributed by atoms with E-state index in [1.807, 2.05) is 23.8 Å². The molecule has 1 amide bonds. The maximum atomic E-state index is 11.0. The van der Waals surface area contributed by atoms with Crippen LogP contribution in [0, 0.1) is 5.92 Å². The standard InChI is InChI=1S/C9H20N2O2.2C8H16N2O.C7H14N2O.C2H6.CH4/c1-3-8-12-9-13-11-6-4-10(2)5-7-11;1-8(11)7-10-5-3-9(2)4-6-10;1-5(11)6-2-7(9)4-8(10)3-6;1-7(10)9-5-3-8(2)4-6-9;1-2;/h3-9H2,1-2H3;3-7H2,1-2H3;6-8H,2-4,9-10H2,1H3;3-6H2,1-2H3;1-2H3;1H4. The van der Waals surface area contributed by atoms with E-state index in [2.05, 4.69) is 47.7 Å². The number of rotatable bonds is 8. The number of Topliss-reactive ketones (excluding diaryl/α,β-unsaturated/α-hetero) is 2. The lowest BCUT2D eigenvalue weighted by Gasteiger charge is -2.31. The Bertz CT molecular complexity index is 805. The number of nitrogens with zero attached hydrogens (tertiary/aromatic N) is 6. The summed E-state index contributed by atoms with van der Waals surface area (Å²) in [6.07, 6.45) is 3.56. The monoisotopic (exact) mass is 689 g/mol. The van der Waals surface area contributed by atoms with Gasteiger partial charge in [0, 0.05) is 110 Å². The van der Waals surface area contributed by atoms with Gasteiger partial charge in [0.2, 0.25) is 5.91 Å². The number of nitrogens with two attached hydrogens (primary N) is 2. The van der Waals surface area contributed by atoms with Gasteiger partial charge in [-0.2, -0.15) is 5.06 Å². The Labute approximate surface area is 294 Å². The fourth-order valence-electron chi connectivity index (χ4n) is 5.41. The summed E-state index contributed by atoms with van der Waals surface area (Å²) in [5, 5.41) is 1.98. The molecule has 0 aromatic carbocycles. The van der Waals surface area contributed by atoms with Crippen molar-refractivity contribution in [2.45, 2.75) is 86.7 Å². The van der Waals surface area contributed by atoms with Crippen LogP contribution in [0.25, 0.3) is 0 Å². The summed E-state index contributed by atoms with van der Waals surface area (Å²) in [6, 6.07) is 0.264.